The van der Waals surface area contributed by atoms with Gasteiger partial charge in [-0.1, -0.05) is 12.8 Å². The van der Waals surface area contributed by atoms with Gasteiger partial charge < -0.3 is 14.5 Å². The number of hydrogen-bond donors (Lipinski definition) is 4. The molecule has 11 nitrogen and oxygen atoms in total. The van der Waals surface area contributed by atoms with Crippen LogP contribution in [-0.4, -0.2) is 87.6 Å². The number of rotatable bonds is 9. The van der Waals surface area contributed by atoms with E-state index in [-0.39, 0.29) is 37.7 Å². The summed E-state index contributed by atoms with van der Waals surface area (Å²) in [5, 5.41) is 2.72. The van der Waals surface area contributed by atoms with Gasteiger partial charge in [-0.05, 0) is 32.6 Å². The minimum Gasteiger partial charge on any atom is -0.465 e. The first-order valence-electron chi connectivity index (χ1n) is 10.6. The zero-order valence-corrected chi connectivity index (χ0v) is 18.8. The highest BCUT2D eigenvalue weighted by molar-refractivity contribution is 7.53. The van der Waals surface area contributed by atoms with Crippen LogP contribution in [0.25, 0.3) is 0 Å². The summed E-state index contributed by atoms with van der Waals surface area (Å²) in [5.41, 5.74) is 1.90. The average Bonchev–Trinajstić information content (AvgIpc) is 2.71. The minimum atomic E-state index is -5.60. The molecular formula is C17H31F3N5O6P. The molecule has 2 aliphatic heterocycles. The van der Waals surface area contributed by atoms with E-state index < -0.39 is 37.7 Å². The van der Waals surface area contributed by atoms with E-state index in [1.165, 1.54) is 16.9 Å². The fourth-order valence-electron chi connectivity index (χ4n) is 3.71. The van der Waals surface area contributed by atoms with Gasteiger partial charge in [-0.15, -0.1) is 0 Å². The fourth-order valence-corrected chi connectivity index (χ4v) is 4.73. The summed E-state index contributed by atoms with van der Waals surface area (Å²) in [5.74, 6) is -3.81. The summed E-state index contributed by atoms with van der Waals surface area (Å²) in [6.07, 6.45) is -1.26. The Hall–Kier alpha value is -1.28. The van der Waals surface area contributed by atoms with Gasteiger partial charge in [-0.2, -0.15) is 13.2 Å². The molecule has 0 saturated carbocycles. The van der Waals surface area contributed by atoms with Crippen LogP contribution >= 0.6 is 7.60 Å². The van der Waals surface area contributed by atoms with E-state index in [1.54, 1.807) is 0 Å². The van der Waals surface area contributed by atoms with E-state index in [9.17, 15) is 37.1 Å². The Morgan fingerprint density at radius 1 is 0.969 bits per heavy atom. The van der Waals surface area contributed by atoms with Gasteiger partial charge in [0.05, 0.1) is 6.61 Å². The molecule has 1 amide bonds. The summed E-state index contributed by atoms with van der Waals surface area (Å²) in [7, 11) is -5.60. The molecule has 0 unspecified atom stereocenters. The van der Waals surface area contributed by atoms with Gasteiger partial charge in [0.25, 0.3) is 5.53 Å². The molecule has 0 atom stereocenters. The molecule has 15 heteroatoms. The highest BCUT2D eigenvalue weighted by Crippen LogP contribution is 2.50. The van der Waals surface area contributed by atoms with Gasteiger partial charge >= 0.3 is 25.6 Å². The monoisotopic (exact) mass is 489 g/mol. The first kappa shape index (κ1) is 27.0. The molecule has 2 aliphatic rings. The predicted molar refractivity (Wildman–Crippen MR) is 106 cm³/mol. The highest BCUT2D eigenvalue weighted by Gasteiger charge is 2.61. The molecule has 0 aromatic rings. The molecule has 0 bridgehead atoms. The number of nitrogens with zero attached hydrogens (tertiary/aromatic N) is 3. The van der Waals surface area contributed by atoms with Crippen LogP contribution in [0.15, 0.2) is 0 Å². The highest BCUT2D eigenvalue weighted by atomic mass is 31.2. The Morgan fingerprint density at radius 3 is 1.75 bits per heavy atom. The maximum Gasteiger partial charge on any atom is 0.471 e. The van der Waals surface area contributed by atoms with E-state index >= 15 is 0 Å². The molecule has 0 aromatic heterocycles. The van der Waals surface area contributed by atoms with Crippen LogP contribution in [0.1, 0.15) is 45.4 Å². The lowest BCUT2D eigenvalue weighted by Gasteiger charge is -2.49. The molecule has 2 saturated heterocycles. The second kappa shape index (κ2) is 11.2. The molecule has 4 N–H and O–H groups in total. The van der Waals surface area contributed by atoms with Crippen molar-refractivity contribution in [2.24, 2.45) is 0 Å². The maximum absolute atomic E-state index is 13.5. The van der Waals surface area contributed by atoms with Crippen molar-refractivity contribution in [2.75, 3.05) is 39.3 Å². The van der Waals surface area contributed by atoms with Crippen LogP contribution in [0.4, 0.5) is 13.2 Å². The third-order valence-corrected chi connectivity index (χ3v) is 6.52. The van der Waals surface area contributed by atoms with Gasteiger partial charge in [-0.25, -0.2) is 20.9 Å². The van der Waals surface area contributed by atoms with Crippen LogP contribution in [-0.2, 0) is 18.9 Å². The largest absolute Gasteiger partial charge is 0.471 e. The van der Waals surface area contributed by atoms with Crippen LogP contribution in [0.3, 0.4) is 0 Å². The van der Waals surface area contributed by atoms with Crippen molar-refractivity contribution in [3.8, 4) is 0 Å². The maximum atomic E-state index is 13.5. The number of hydrazine groups is 2. The zero-order valence-electron chi connectivity index (χ0n) is 17.9. The molecular weight excluding hydrogens is 458 g/mol. The number of carbonyl (C=O) groups excluding carboxylic acids is 2. The number of carbonyl (C=O) groups is 2. The SMILES string of the molecule is CCOC(=O)CN(C(=O)C(F)(F)F)C(NN1CCCCC1)(NN1CCCCC1)P(=O)(O)O. The number of esters is 1. The van der Waals surface area contributed by atoms with Crippen molar-refractivity contribution in [2.45, 2.75) is 57.2 Å². The topological polar surface area (TPSA) is 135 Å². The Morgan fingerprint density at radius 2 is 1.41 bits per heavy atom. The third-order valence-electron chi connectivity index (χ3n) is 5.23. The number of halogens is 3. The molecule has 186 valence electrons. The number of piperidine rings is 2. The second-order valence-corrected chi connectivity index (χ2v) is 9.46. The molecule has 0 aliphatic carbocycles. The Bertz CT molecular complexity index is 675. The Kier molecular flexibility index (Phi) is 9.46. The smallest absolute Gasteiger partial charge is 0.465 e. The van der Waals surface area contributed by atoms with Crippen molar-refractivity contribution in [1.29, 1.82) is 0 Å². The molecule has 2 rings (SSSR count). The molecule has 2 heterocycles. The standard InChI is InChI=1S/C17H31F3N5O6P/c1-2-31-14(26)13-25(15(27)16(18,19)20)17(32(28,29)30,21-23-9-5-3-6-10-23)22-24-11-7-4-8-12-24/h21-22H,2-13H2,1H3,(H2,28,29,30). The van der Waals surface area contributed by atoms with Gasteiger partial charge in [0.2, 0.25) is 0 Å². The number of ether oxygens (including phenoxy) is 1. The van der Waals surface area contributed by atoms with Crippen molar-refractivity contribution in [1.82, 2.24) is 25.8 Å². The van der Waals surface area contributed by atoms with Gasteiger partial charge in [0, 0.05) is 26.2 Å². The first-order chi connectivity index (χ1) is 14.9. The molecule has 0 radical (unpaired) electrons. The summed E-state index contributed by atoms with van der Waals surface area (Å²) in [4.78, 5) is 45.0. The normalized spacial score (nSPS) is 19.6. The quantitative estimate of drug-likeness (QED) is 0.208. The summed E-state index contributed by atoms with van der Waals surface area (Å²) < 4.78 is 58.1. The number of nitrogens with one attached hydrogen (secondary N) is 2. The van der Waals surface area contributed by atoms with Crippen molar-refractivity contribution in [3.05, 3.63) is 0 Å². The summed E-state index contributed by atoms with van der Waals surface area (Å²) in [6, 6.07) is 0. The molecule has 0 spiro atoms. The molecule has 32 heavy (non-hydrogen) atoms. The van der Waals surface area contributed by atoms with E-state index in [0.717, 1.165) is 12.8 Å². The minimum absolute atomic E-state index is 0.186. The number of hydrogen-bond acceptors (Lipinski definition) is 8. The number of alkyl halides is 3. The Balaban J connectivity index is 2.57. The molecule has 0 aromatic carbocycles. The summed E-state index contributed by atoms with van der Waals surface area (Å²) in [6.45, 7) is 1.07. The van der Waals surface area contributed by atoms with Crippen LogP contribution in [0.5, 0.6) is 0 Å². The number of amides is 1. The van der Waals surface area contributed by atoms with E-state index in [2.05, 4.69) is 15.6 Å². The zero-order chi connectivity index (χ0) is 24.0. The lowest BCUT2D eigenvalue weighted by atomic mass is 10.2. The lowest BCUT2D eigenvalue weighted by molar-refractivity contribution is -0.198. The molecule has 2 fully saturated rings. The average molecular weight is 489 g/mol. The van der Waals surface area contributed by atoms with Gasteiger partial charge in [0.1, 0.15) is 6.54 Å². The third kappa shape index (κ3) is 6.86. The van der Waals surface area contributed by atoms with Crippen LogP contribution in [0.2, 0.25) is 0 Å². The van der Waals surface area contributed by atoms with Gasteiger partial charge in [-0.3, -0.25) is 19.1 Å². The van der Waals surface area contributed by atoms with Crippen LogP contribution in [0, 0.1) is 0 Å². The van der Waals surface area contributed by atoms with E-state index in [1.807, 2.05) is 0 Å². The fraction of sp³-hybridized carbons (Fsp3) is 0.882. The van der Waals surface area contributed by atoms with Crippen molar-refractivity contribution in [3.63, 3.8) is 0 Å². The second-order valence-electron chi connectivity index (χ2n) is 7.73. The van der Waals surface area contributed by atoms with Crippen molar-refractivity contribution < 1.29 is 41.8 Å². The first-order valence-corrected chi connectivity index (χ1v) is 12.2. The van der Waals surface area contributed by atoms with Gasteiger partial charge in [0.15, 0.2) is 0 Å². The summed E-state index contributed by atoms with van der Waals surface area (Å²) >= 11 is 0. The van der Waals surface area contributed by atoms with Crippen molar-refractivity contribution >= 4 is 19.5 Å². The van der Waals surface area contributed by atoms with E-state index in [0.29, 0.717) is 25.7 Å². The van der Waals surface area contributed by atoms with E-state index in [4.69, 9.17) is 0 Å². The Labute approximate surface area is 184 Å². The van der Waals surface area contributed by atoms with Crippen LogP contribution < -0.4 is 10.9 Å². The predicted octanol–water partition coefficient (Wildman–Crippen LogP) is 0.710. The lowest BCUT2D eigenvalue weighted by Crippen LogP contribution is -2.76.